The Hall–Kier alpha value is -3.16. The summed E-state index contributed by atoms with van der Waals surface area (Å²) in [5.74, 6) is 0. The topological polar surface area (TPSA) is 77.5 Å². The van der Waals surface area contributed by atoms with Gasteiger partial charge in [-0.1, -0.05) is 25.3 Å². The lowest BCUT2D eigenvalue weighted by Crippen LogP contribution is -2.18. The van der Waals surface area contributed by atoms with Crippen molar-refractivity contribution in [2.45, 2.75) is 18.7 Å². The lowest BCUT2D eigenvalue weighted by atomic mass is 10.1. The third-order valence-electron chi connectivity index (χ3n) is 4.43. The largest absolute Gasteiger partial charge is 0.398 e. The summed E-state index contributed by atoms with van der Waals surface area (Å²) in [5.41, 5.74) is 10.7. The molecule has 1 aromatic carbocycles. The van der Waals surface area contributed by atoms with Crippen molar-refractivity contribution < 1.29 is 0 Å². The van der Waals surface area contributed by atoms with Gasteiger partial charge in [0.25, 0.3) is 0 Å². The Labute approximate surface area is 207 Å². The molecule has 0 saturated heterocycles. The molecule has 0 fully saturated rings. The van der Waals surface area contributed by atoms with Crippen LogP contribution >= 0.6 is 24.4 Å². The number of nitrogen functional groups attached to an aromatic ring is 1. The van der Waals surface area contributed by atoms with E-state index < -0.39 is 0 Å². The third-order valence-corrected chi connectivity index (χ3v) is 5.37. The van der Waals surface area contributed by atoms with Crippen LogP contribution in [0.5, 0.6) is 0 Å². The van der Waals surface area contributed by atoms with Gasteiger partial charge >= 0.3 is 0 Å². The normalized spacial score (nSPS) is 13.1. The molecule has 4 N–H and O–H groups in total. The standard InChI is InChI=1S/C26H33N5S2/c1-8-22(13-11-19(3)32)30-20(4)24(28)17-25(31(6)15-9-10-18(2)29-5)21-12-14-23(27)26(16-21)33-7/h8-17,28,30,32H,1,4-5,27H2,2-3,6-7H3/b15-9-,18-10-,19-11+,22-13+,25-17-,28-24?. The number of rotatable bonds is 12. The number of hydrogen-bond donors (Lipinski definition) is 4. The fourth-order valence-electron chi connectivity index (χ4n) is 2.54. The van der Waals surface area contributed by atoms with Gasteiger partial charge in [-0.25, -0.2) is 0 Å². The minimum absolute atomic E-state index is 0.228. The van der Waals surface area contributed by atoms with Crippen LogP contribution in [0.25, 0.3) is 5.70 Å². The molecule has 0 heterocycles. The molecule has 1 rings (SSSR count). The van der Waals surface area contributed by atoms with E-state index in [1.54, 1.807) is 23.9 Å². The second-order valence-electron chi connectivity index (χ2n) is 7.06. The van der Waals surface area contributed by atoms with Crippen LogP contribution in [0.2, 0.25) is 0 Å². The second kappa shape index (κ2) is 14.1. The van der Waals surface area contributed by atoms with Gasteiger partial charge in [0, 0.05) is 40.9 Å². The zero-order valence-corrected chi connectivity index (χ0v) is 21.4. The van der Waals surface area contributed by atoms with E-state index >= 15 is 0 Å². The van der Waals surface area contributed by atoms with Crippen LogP contribution in [-0.2, 0) is 0 Å². The quantitative estimate of drug-likeness (QED) is 0.0919. The van der Waals surface area contributed by atoms with E-state index in [0.29, 0.717) is 11.4 Å². The summed E-state index contributed by atoms with van der Waals surface area (Å²) < 4.78 is 0. The van der Waals surface area contributed by atoms with Crippen molar-refractivity contribution in [1.29, 1.82) is 5.41 Å². The number of benzene rings is 1. The number of thiol groups is 1. The molecule has 0 aromatic heterocycles. The van der Waals surface area contributed by atoms with Gasteiger partial charge in [-0.2, -0.15) is 0 Å². The fourth-order valence-corrected chi connectivity index (χ4v) is 3.16. The molecule has 0 amide bonds. The smallest absolute Gasteiger partial charge is 0.0789 e. The average Bonchev–Trinajstić information content (AvgIpc) is 2.79. The highest BCUT2D eigenvalue weighted by molar-refractivity contribution is 7.98. The number of hydrogen-bond acceptors (Lipinski definition) is 7. The predicted octanol–water partition coefficient (Wildman–Crippen LogP) is 6.41. The third kappa shape index (κ3) is 9.47. The van der Waals surface area contributed by atoms with Gasteiger partial charge in [0.1, 0.15) is 0 Å². The van der Waals surface area contributed by atoms with E-state index in [1.165, 1.54) is 0 Å². The highest BCUT2D eigenvalue weighted by atomic mass is 32.2. The molecule has 0 aliphatic carbocycles. The number of allylic oxidation sites excluding steroid dienone is 8. The Morgan fingerprint density at radius 1 is 1.27 bits per heavy atom. The van der Waals surface area contributed by atoms with E-state index in [2.05, 4.69) is 42.8 Å². The van der Waals surface area contributed by atoms with Crippen molar-refractivity contribution in [3.05, 3.63) is 102 Å². The molecular weight excluding hydrogens is 446 g/mol. The highest BCUT2D eigenvalue weighted by Crippen LogP contribution is 2.28. The minimum Gasteiger partial charge on any atom is -0.398 e. The fraction of sp³-hybridized carbons (Fsp3) is 0.154. The van der Waals surface area contributed by atoms with Gasteiger partial charge in [0.05, 0.1) is 11.4 Å². The number of anilines is 1. The Kier molecular flexibility index (Phi) is 11.9. The van der Waals surface area contributed by atoms with Gasteiger partial charge in [-0.3, -0.25) is 10.4 Å². The summed E-state index contributed by atoms with van der Waals surface area (Å²) in [5, 5.41) is 11.7. The number of aliphatic imine (C=N–C) groups is 1. The van der Waals surface area contributed by atoms with Crippen LogP contribution in [0.1, 0.15) is 19.4 Å². The van der Waals surface area contributed by atoms with Crippen molar-refractivity contribution >= 4 is 48.2 Å². The maximum absolute atomic E-state index is 8.62. The van der Waals surface area contributed by atoms with Crippen LogP contribution in [0.15, 0.2) is 106 Å². The maximum Gasteiger partial charge on any atom is 0.0789 e. The first-order chi connectivity index (χ1) is 15.6. The molecule has 174 valence electrons. The lowest BCUT2D eigenvalue weighted by molar-refractivity contribution is 0.655. The molecule has 33 heavy (non-hydrogen) atoms. The summed E-state index contributed by atoms with van der Waals surface area (Å²) >= 11 is 5.84. The molecule has 0 saturated carbocycles. The molecule has 0 spiro atoms. The maximum atomic E-state index is 8.62. The number of nitrogens with one attached hydrogen (secondary N) is 2. The Balaban J connectivity index is 3.37. The van der Waals surface area contributed by atoms with Crippen LogP contribution in [0, 0.1) is 5.41 Å². The molecule has 0 radical (unpaired) electrons. The highest BCUT2D eigenvalue weighted by Gasteiger charge is 2.11. The van der Waals surface area contributed by atoms with Crippen LogP contribution in [0.4, 0.5) is 5.69 Å². The zero-order valence-electron chi connectivity index (χ0n) is 19.7. The first kappa shape index (κ1) is 27.9. The molecule has 0 bridgehead atoms. The van der Waals surface area contributed by atoms with Crippen molar-refractivity contribution in [1.82, 2.24) is 10.2 Å². The summed E-state index contributed by atoms with van der Waals surface area (Å²) in [6, 6.07) is 5.83. The predicted molar refractivity (Wildman–Crippen MR) is 152 cm³/mol. The number of nitrogens with zero attached hydrogens (tertiary/aromatic N) is 2. The molecular formula is C26H33N5S2. The van der Waals surface area contributed by atoms with Crippen LogP contribution in [-0.4, -0.2) is 30.6 Å². The molecule has 5 nitrogen and oxygen atoms in total. The van der Waals surface area contributed by atoms with Crippen LogP contribution < -0.4 is 11.1 Å². The molecule has 7 heteroatoms. The van der Waals surface area contributed by atoms with E-state index in [4.69, 9.17) is 11.1 Å². The SMILES string of the molecule is C=C/C(=C\C=C(/C)S)NC(=C)C(=N)/C=C(/c1ccc(N)c(SC)c1)N(C)/C=C\C=C(\C)N=C. The Morgan fingerprint density at radius 3 is 2.55 bits per heavy atom. The Morgan fingerprint density at radius 2 is 1.97 bits per heavy atom. The molecule has 1 aromatic rings. The molecule has 0 atom stereocenters. The number of thioether (sulfide) groups is 1. The van der Waals surface area contributed by atoms with E-state index in [9.17, 15) is 0 Å². The summed E-state index contributed by atoms with van der Waals surface area (Å²) in [7, 11) is 1.92. The van der Waals surface area contributed by atoms with Crippen molar-refractivity contribution in [3.8, 4) is 0 Å². The van der Waals surface area contributed by atoms with Gasteiger partial charge in [-0.05, 0) is 79.8 Å². The van der Waals surface area contributed by atoms with Crippen LogP contribution in [0.3, 0.4) is 0 Å². The minimum atomic E-state index is 0.228. The lowest BCUT2D eigenvalue weighted by Gasteiger charge is -2.21. The average molecular weight is 480 g/mol. The van der Waals surface area contributed by atoms with Crippen molar-refractivity contribution in [3.63, 3.8) is 0 Å². The van der Waals surface area contributed by atoms with Gasteiger partial charge < -0.3 is 16.0 Å². The summed E-state index contributed by atoms with van der Waals surface area (Å²) in [6.07, 6.45) is 14.7. The zero-order chi connectivity index (χ0) is 25.0. The summed E-state index contributed by atoms with van der Waals surface area (Å²) in [4.78, 5) is 7.65. The van der Waals surface area contributed by atoms with Crippen molar-refractivity contribution in [2.75, 3.05) is 19.0 Å². The van der Waals surface area contributed by atoms with Gasteiger partial charge in [-0.15, -0.1) is 24.4 Å². The molecule has 0 unspecified atom stereocenters. The van der Waals surface area contributed by atoms with Gasteiger partial charge in [0.2, 0.25) is 0 Å². The second-order valence-corrected chi connectivity index (χ2v) is 8.61. The number of nitrogens with two attached hydrogens (primary N) is 1. The van der Waals surface area contributed by atoms with Gasteiger partial charge in [0.15, 0.2) is 0 Å². The van der Waals surface area contributed by atoms with E-state index in [0.717, 1.165) is 32.5 Å². The first-order valence-corrected chi connectivity index (χ1v) is 11.7. The van der Waals surface area contributed by atoms with E-state index in [1.807, 2.05) is 80.8 Å². The Bertz CT molecular complexity index is 1050. The first-order valence-electron chi connectivity index (χ1n) is 10.1. The molecule has 0 aliphatic heterocycles. The monoisotopic (exact) mass is 479 g/mol. The van der Waals surface area contributed by atoms with Crippen molar-refractivity contribution in [2.24, 2.45) is 4.99 Å². The van der Waals surface area contributed by atoms with E-state index in [-0.39, 0.29) is 5.71 Å². The summed E-state index contributed by atoms with van der Waals surface area (Å²) in [6.45, 7) is 15.1. The molecule has 0 aliphatic rings.